The molecular weight excluding hydrogens is 398 g/mol. The SMILES string of the molecule is NCCCCc1c(-c2ccc(C(F)(F)F)cc2)[nH]c2ccc(OC(F)(F)F)cc12. The van der Waals surface area contributed by atoms with E-state index in [1.54, 1.807) is 0 Å². The number of aryl methyl sites for hydroxylation is 1. The first kappa shape index (κ1) is 21.0. The third-order valence-electron chi connectivity index (χ3n) is 4.49. The third-order valence-corrected chi connectivity index (χ3v) is 4.49. The number of hydrogen-bond donors (Lipinski definition) is 2. The zero-order chi connectivity index (χ0) is 21.2. The van der Waals surface area contributed by atoms with Gasteiger partial charge >= 0.3 is 12.5 Å². The van der Waals surface area contributed by atoms with Crippen molar-refractivity contribution in [3.63, 3.8) is 0 Å². The quantitative estimate of drug-likeness (QED) is 0.381. The van der Waals surface area contributed by atoms with Crippen molar-refractivity contribution in [3.8, 4) is 17.0 Å². The average molecular weight is 416 g/mol. The predicted molar refractivity (Wildman–Crippen MR) is 97.4 cm³/mol. The lowest BCUT2D eigenvalue weighted by Gasteiger charge is -2.10. The van der Waals surface area contributed by atoms with Crippen LogP contribution in [-0.2, 0) is 12.6 Å². The van der Waals surface area contributed by atoms with E-state index in [0.29, 0.717) is 53.5 Å². The Labute approximate surface area is 162 Å². The molecule has 0 radical (unpaired) electrons. The molecular formula is C20H18F6N2O. The Morgan fingerprint density at radius 1 is 0.897 bits per heavy atom. The van der Waals surface area contributed by atoms with E-state index in [4.69, 9.17) is 5.73 Å². The molecule has 0 fully saturated rings. The van der Waals surface area contributed by atoms with E-state index >= 15 is 0 Å². The number of aromatic nitrogens is 1. The summed E-state index contributed by atoms with van der Waals surface area (Å²) in [6.45, 7) is 0.459. The van der Waals surface area contributed by atoms with Crippen molar-refractivity contribution >= 4 is 10.9 Å². The fourth-order valence-corrected chi connectivity index (χ4v) is 3.20. The number of nitrogens with one attached hydrogen (secondary N) is 1. The van der Waals surface area contributed by atoms with Gasteiger partial charge in [-0.1, -0.05) is 12.1 Å². The van der Waals surface area contributed by atoms with Crippen molar-refractivity contribution in [2.24, 2.45) is 5.73 Å². The van der Waals surface area contributed by atoms with E-state index in [0.717, 1.165) is 12.1 Å². The van der Waals surface area contributed by atoms with Crippen molar-refractivity contribution in [1.82, 2.24) is 4.98 Å². The highest BCUT2D eigenvalue weighted by Crippen LogP contribution is 2.36. The molecule has 0 aliphatic rings. The van der Waals surface area contributed by atoms with E-state index in [2.05, 4.69) is 9.72 Å². The van der Waals surface area contributed by atoms with Crippen LogP contribution in [-0.4, -0.2) is 17.9 Å². The number of nitrogens with two attached hydrogens (primary N) is 1. The molecule has 9 heteroatoms. The minimum absolute atomic E-state index is 0.358. The highest BCUT2D eigenvalue weighted by atomic mass is 19.4. The lowest BCUT2D eigenvalue weighted by atomic mass is 9.99. The first-order valence-electron chi connectivity index (χ1n) is 8.86. The van der Waals surface area contributed by atoms with Crippen LogP contribution in [0.5, 0.6) is 5.75 Å². The zero-order valence-electron chi connectivity index (χ0n) is 15.1. The minimum Gasteiger partial charge on any atom is -0.406 e. The van der Waals surface area contributed by atoms with Crippen LogP contribution in [0.25, 0.3) is 22.2 Å². The van der Waals surface area contributed by atoms with Crippen LogP contribution in [0.1, 0.15) is 24.0 Å². The number of alkyl halides is 6. The van der Waals surface area contributed by atoms with Crippen LogP contribution in [0.2, 0.25) is 0 Å². The summed E-state index contributed by atoms with van der Waals surface area (Å²) >= 11 is 0. The van der Waals surface area contributed by atoms with Crippen LogP contribution < -0.4 is 10.5 Å². The molecule has 0 bridgehead atoms. The molecule has 3 N–H and O–H groups in total. The molecule has 3 aromatic rings. The number of halogens is 6. The van der Waals surface area contributed by atoms with Crippen LogP contribution >= 0.6 is 0 Å². The number of hydrogen-bond acceptors (Lipinski definition) is 2. The summed E-state index contributed by atoms with van der Waals surface area (Å²) in [7, 11) is 0. The zero-order valence-corrected chi connectivity index (χ0v) is 15.1. The lowest BCUT2D eigenvalue weighted by molar-refractivity contribution is -0.274. The Hall–Kier alpha value is -2.68. The van der Waals surface area contributed by atoms with Crippen LogP contribution in [0.15, 0.2) is 42.5 Å². The second-order valence-electron chi connectivity index (χ2n) is 6.55. The summed E-state index contributed by atoms with van der Waals surface area (Å²) in [4.78, 5) is 3.11. The number of benzene rings is 2. The molecule has 29 heavy (non-hydrogen) atoms. The van der Waals surface area contributed by atoms with E-state index in [1.807, 2.05) is 0 Å². The fraction of sp³-hybridized carbons (Fsp3) is 0.300. The smallest absolute Gasteiger partial charge is 0.406 e. The van der Waals surface area contributed by atoms with Gasteiger partial charge in [-0.15, -0.1) is 13.2 Å². The molecule has 3 nitrogen and oxygen atoms in total. The van der Waals surface area contributed by atoms with Gasteiger partial charge < -0.3 is 15.5 Å². The second-order valence-corrected chi connectivity index (χ2v) is 6.55. The van der Waals surface area contributed by atoms with Gasteiger partial charge in [0, 0.05) is 16.6 Å². The van der Waals surface area contributed by atoms with Gasteiger partial charge in [0.2, 0.25) is 0 Å². The molecule has 0 aliphatic carbocycles. The van der Waals surface area contributed by atoms with E-state index in [1.165, 1.54) is 30.3 Å². The van der Waals surface area contributed by atoms with Crippen molar-refractivity contribution in [2.45, 2.75) is 31.8 Å². The lowest BCUT2D eigenvalue weighted by Crippen LogP contribution is -2.16. The van der Waals surface area contributed by atoms with Gasteiger partial charge in [-0.3, -0.25) is 0 Å². The van der Waals surface area contributed by atoms with Crippen molar-refractivity contribution in [2.75, 3.05) is 6.54 Å². The van der Waals surface area contributed by atoms with Gasteiger partial charge in [-0.05, 0) is 67.3 Å². The maximum atomic E-state index is 12.8. The summed E-state index contributed by atoms with van der Waals surface area (Å²) in [5.41, 5.74) is 7.10. The maximum absolute atomic E-state index is 12.8. The number of unbranched alkanes of at least 4 members (excludes halogenated alkanes) is 1. The molecule has 0 aliphatic heterocycles. The molecule has 156 valence electrons. The Kier molecular flexibility index (Phi) is 5.79. The number of aromatic amines is 1. The largest absolute Gasteiger partial charge is 0.573 e. The van der Waals surface area contributed by atoms with Gasteiger partial charge in [-0.25, -0.2) is 0 Å². The Morgan fingerprint density at radius 3 is 2.17 bits per heavy atom. The maximum Gasteiger partial charge on any atom is 0.573 e. The van der Waals surface area contributed by atoms with Gasteiger partial charge in [0.05, 0.1) is 5.56 Å². The molecule has 2 aromatic carbocycles. The minimum atomic E-state index is -4.82. The Balaban J connectivity index is 2.06. The van der Waals surface area contributed by atoms with Crippen molar-refractivity contribution in [1.29, 1.82) is 0 Å². The Bertz CT molecular complexity index is 974. The van der Waals surface area contributed by atoms with Gasteiger partial charge in [0.1, 0.15) is 5.75 Å². The molecule has 1 aromatic heterocycles. The second kappa shape index (κ2) is 7.98. The number of ether oxygens (including phenoxy) is 1. The first-order valence-corrected chi connectivity index (χ1v) is 8.86. The predicted octanol–water partition coefficient (Wildman–Crippen LogP) is 6.03. The summed E-state index contributed by atoms with van der Waals surface area (Å²) in [5.74, 6) is -0.358. The van der Waals surface area contributed by atoms with E-state index < -0.39 is 18.1 Å². The van der Waals surface area contributed by atoms with E-state index in [-0.39, 0.29) is 5.75 Å². The van der Waals surface area contributed by atoms with Crippen molar-refractivity contribution in [3.05, 3.63) is 53.6 Å². The molecule has 3 rings (SSSR count). The standard InChI is InChI=1S/C20H18F6N2O/c21-19(22,23)13-6-4-12(5-7-13)18-15(3-1-2-10-27)16-11-14(29-20(24,25)26)8-9-17(16)28-18/h4-9,11,28H,1-3,10,27H2. The van der Waals surface area contributed by atoms with Crippen molar-refractivity contribution < 1.29 is 31.1 Å². The Morgan fingerprint density at radius 2 is 1.59 bits per heavy atom. The fourth-order valence-electron chi connectivity index (χ4n) is 3.20. The summed E-state index contributed by atoms with van der Waals surface area (Å²) in [6, 6.07) is 8.55. The van der Waals surface area contributed by atoms with Gasteiger partial charge in [0.25, 0.3) is 0 Å². The number of rotatable bonds is 6. The van der Waals surface area contributed by atoms with Crippen LogP contribution in [0.3, 0.4) is 0 Å². The number of fused-ring (bicyclic) bond motifs is 1. The third kappa shape index (κ3) is 5.03. The van der Waals surface area contributed by atoms with Gasteiger partial charge in [-0.2, -0.15) is 13.2 Å². The number of H-pyrrole nitrogens is 1. The molecule has 0 saturated carbocycles. The topological polar surface area (TPSA) is 51.0 Å². The first-order chi connectivity index (χ1) is 13.6. The molecule has 0 amide bonds. The van der Waals surface area contributed by atoms with E-state index in [9.17, 15) is 26.3 Å². The van der Waals surface area contributed by atoms with Crippen LogP contribution in [0, 0.1) is 0 Å². The summed E-state index contributed by atoms with van der Waals surface area (Å²) < 4.78 is 80.2. The monoisotopic (exact) mass is 416 g/mol. The molecule has 0 atom stereocenters. The normalized spacial score (nSPS) is 12.5. The average Bonchev–Trinajstić information content (AvgIpc) is 2.98. The highest BCUT2D eigenvalue weighted by Gasteiger charge is 2.32. The molecule has 0 saturated heterocycles. The summed E-state index contributed by atoms with van der Waals surface area (Å²) in [5, 5.41) is 0.527. The summed E-state index contributed by atoms with van der Waals surface area (Å²) in [6.07, 6.45) is -7.38. The van der Waals surface area contributed by atoms with Crippen LogP contribution in [0.4, 0.5) is 26.3 Å². The molecule has 0 spiro atoms. The molecule has 1 heterocycles. The molecule has 0 unspecified atom stereocenters. The highest BCUT2D eigenvalue weighted by molar-refractivity contribution is 5.91. The van der Waals surface area contributed by atoms with Gasteiger partial charge in [0.15, 0.2) is 0 Å².